The van der Waals surface area contributed by atoms with Gasteiger partial charge in [-0.1, -0.05) is 29.8 Å². The van der Waals surface area contributed by atoms with Gasteiger partial charge in [-0.15, -0.1) is 11.3 Å². The first-order chi connectivity index (χ1) is 11.1. The van der Waals surface area contributed by atoms with Crippen LogP contribution in [-0.2, 0) is 9.53 Å². The molecule has 1 atom stereocenters. The quantitative estimate of drug-likeness (QED) is 0.782. The van der Waals surface area contributed by atoms with Gasteiger partial charge in [0, 0.05) is 23.2 Å². The number of rotatable bonds is 3. The van der Waals surface area contributed by atoms with Crippen molar-refractivity contribution >= 4 is 44.9 Å². The molecule has 1 aromatic carbocycles. The average molecular weight is 352 g/mol. The van der Waals surface area contributed by atoms with E-state index in [2.05, 4.69) is 0 Å². The lowest BCUT2D eigenvalue weighted by atomic mass is 10.1. The molecule has 0 spiro atoms. The van der Waals surface area contributed by atoms with Gasteiger partial charge in [-0.25, -0.2) is 4.79 Å². The number of likely N-dealkylation sites (tertiary alicyclic amines) is 1. The maximum Gasteiger partial charge on any atom is 0.350 e. The number of amides is 1. The predicted octanol–water partition coefficient (Wildman–Crippen LogP) is 4.11. The number of halogens is 1. The number of esters is 1. The molecule has 0 radical (unpaired) electrons. The van der Waals surface area contributed by atoms with E-state index < -0.39 is 12.1 Å². The Bertz CT molecular complexity index is 737. The SMILES string of the molecule is C[C@@H](OC(=O)c1sc2ccccc2c1Cl)C(=O)N1CCCCC1. The number of hydrogen-bond acceptors (Lipinski definition) is 4. The molecule has 6 heteroatoms. The van der Waals surface area contributed by atoms with Crippen LogP contribution in [0.5, 0.6) is 0 Å². The standard InChI is InChI=1S/C17H18ClNO3S/c1-11(16(20)19-9-5-2-6-10-19)22-17(21)15-14(18)12-7-3-4-8-13(12)23-15/h3-4,7-8,11H,2,5-6,9-10H2,1H3/t11-/m1/s1. The van der Waals surface area contributed by atoms with Gasteiger partial charge in [0.1, 0.15) is 4.88 Å². The highest BCUT2D eigenvalue weighted by atomic mass is 35.5. The van der Waals surface area contributed by atoms with Gasteiger partial charge in [-0.2, -0.15) is 0 Å². The second-order valence-electron chi connectivity index (χ2n) is 5.67. The summed E-state index contributed by atoms with van der Waals surface area (Å²) < 4.78 is 6.29. The Morgan fingerprint density at radius 3 is 2.61 bits per heavy atom. The van der Waals surface area contributed by atoms with Crippen molar-refractivity contribution in [3.05, 3.63) is 34.2 Å². The Balaban J connectivity index is 1.72. The van der Waals surface area contributed by atoms with Gasteiger partial charge in [0.25, 0.3) is 5.91 Å². The highest BCUT2D eigenvalue weighted by Crippen LogP contribution is 2.35. The zero-order chi connectivity index (χ0) is 16.4. The largest absolute Gasteiger partial charge is 0.448 e. The normalized spacial score (nSPS) is 16.3. The number of hydrogen-bond donors (Lipinski definition) is 0. The molecule has 0 unspecified atom stereocenters. The summed E-state index contributed by atoms with van der Waals surface area (Å²) in [7, 11) is 0. The van der Waals surface area contributed by atoms with Crippen LogP contribution in [0.2, 0.25) is 5.02 Å². The molecule has 122 valence electrons. The third kappa shape index (κ3) is 3.35. The minimum atomic E-state index is -0.790. The van der Waals surface area contributed by atoms with E-state index in [-0.39, 0.29) is 5.91 Å². The van der Waals surface area contributed by atoms with E-state index in [1.165, 1.54) is 11.3 Å². The second-order valence-corrected chi connectivity index (χ2v) is 7.10. The summed E-state index contributed by atoms with van der Waals surface area (Å²) in [5.41, 5.74) is 0. The van der Waals surface area contributed by atoms with Crippen LogP contribution in [0.1, 0.15) is 35.9 Å². The number of fused-ring (bicyclic) bond motifs is 1. The number of nitrogens with zero attached hydrogens (tertiary/aromatic N) is 1. The molecule has 4 nitrogen and oxygen atoms in total. The first-order valence-electron chi connectivity index (χ1n) is 7.74. The van der Waals surface area contributed by atoms with Crippen molar-refractivity contribution in [3.63, 3.8) is 0 Å². The summed E-state index contributed by atoms with van der Waals surface area (Å²) in [6.45, 7) is 3.10. The molecule has 1 aliphatic rings. The average Bonchev–Trinajstić information content (AvgIpc) is 2.92. The van der Waals surface area contributed by atoms with E-state index in [0.717, 1.165) is 42.4 Å². The van der Waals surface area contributed by atoms with Gasteiger partial charge in [0.05, 0.1) is 5.02 Å². The lowest BCUT2D eigenvalue weighted by Gasteiger charge is -2.28. The van der Waals surface area contributed by atoms with Crippen LogP contribution in [0.3, 0.4) is 0 Å². The molecule has 2 heterocycles. The van der Waals surface area contributed by atoms with Gasteiger partial charge in [-0.05, 0) is 32.3 Å². The fourth-order valence-corrected chi connectivity index (χ4v) is 4.17. The van der Waals surface area contributed by atoms with Crippen molar-refractivity contribution in [2.45, 2.75) is 32.3 Å². The molecular formula is C17H18ClNO3S. The topological polar surface area (TPSA) is 46.6 Å². The predicted molar refractivity (Wildman–Crippen MR) is 92.1 cm³/mol. The maximum atomic E-state index is 12.4. The number of carbonyl (C=O) groups excluding carboxylic acids is 2. The Morgan fingerprint density at radius 1 is 1.22 bits per heavy atom. The van der Waals surface area contributed by atoms with Crippen molar-refractivity contribution < 1.29 is 14.3 Å². The fourth-order valence-electron chi connectivity index (χ4n) is 2.78. The second kappa shape index (κ2) is 6.89. The number of benzene rings is 1. The van der Waals surface area contributed by atoms with E-state index in [1.54, 1.807) is 11.8 Å². The molecule has 0 saturated carbocycles. The molecule has 23 heavy (non-hydrogen) atoms. The lowest BCUT2D eigenvalue weighted by Crippen LogP contribution is -2.42. The Labute approximate surface area is 144 Å². The van der Waals surface area contributed by atoms with E-state index in [0.29, 0.717) is 9.90 Å². The van der Waals surface area contributed by atoms with Gasteiger partial charge in [-0.3, -0.25) is 4.79 Å². The van der Waals surface area contributed by atoms with Gasteiger partial charge in [0.2, 0.25) is 0 Å². The van der Waals surface area contributed by atoms with Gasteiger partial charge < -0.3 is 9.64 Å². The Hall–Kier alpha value is -1.59. The van der Waals surface area contributed by atoms with Crippen LogP contribution in [0, 0.1) is 0 Å². The third-order valence-electron chi connectivity index (χ3n) is 4.02. The molecule has 1 fully saturated rings. The molecule has 0 aliphatic carbocycles. The number of thiophene rings is 1. The minimum Gasteiger partial charge on any atom is -0.448 e. The van der Waals surface area contributed by atoms with Crippen molar-refractivity contribution in [1.82, 2.24) is 4.90 Å². The third-order valence-corrected chi connectivity index (χ3v) is 5.68. The summed E-state index contributed by atoms with van der Waals surface area (Å²) in [4.78, 5) is 26.8. The maximum absolute atomic E-state index is 12.4. The lowest BCUT2D eigenvalue weighted by molar-refractivity contribution is -0.140. The molecule has 2 aromatic rings. The molecule has 1 saturated heterocycles. The Morgan fingerprint density at radius 2 is 1.91 bits per heavy atom. The van der Waals surface area contributed by atoms with Crippen LogP contribution in [0.4, 0.5) is 0 Å². The van der Waals surface area contributed by atoms with Crippen LogP contribution in [-0.4, -0.2) is 36.0 Å². The van der Waals surface area contributed by atoms with Gasteiger partial charge >= 0.3 is 5.97 Å². The first kappa shape index (κ1) is 16.3. The smallest absolute Gasteiger partial charge is 0.350 e. The van der Waals surface area contributed by atoms with Crippen LogP contribution in [0.15, 0.2) is 24.3 Å². The van der Waals surface area contributed by atoms with Crippen molar-refractivity contribution in [3.8, 4) is 0 Å². The zero-order valence-electron chi connectivity index (χ0n) is 12.9. The first-order valence-corrected chi connectivity index (χ1v) is 8.94. The summed E-state index contributed by atoms with van der Waals surface area (Å²) in [5.74, 6) is -0.663. The number of carbonyl (C=O) groups is 2. The summed E-state index contributed by atoms with van der Waals surface area (Å²) in [6.07, 6.45) is 2.38. The Kier molecular flexibility index (Phi) is 4.87. The monoisotopic (exact) mass is 351 g/mol. The zero-order valence-corrected chi connectivity index (χ0v) is 14.5. The van der Waals surface area contributed by atoms with Crippen molar-refractivity contribution in [1.29, 1.82) is 0 Å². The number of ether oxygens (including phenoxy) is 1. The minimum absolute atomic E-state index is 0.129. The summed E-state index contributed by atoms with van der Waals surface area (Å²) in [6, 6.07) is 7.55. The highest BCUT2D eigenvalue weighted by molar-refractivity contribution is 7.21. The summed E-state index contributed by atoms with van der Waals surface area (Å²) in [5, 5.41) is 1.23. The van der Waals surface area contributed by atoms with E-state index in [9.17, 15) is 9.59 Å². The fraction of sp³-hybridized carbons (Fsp3) is 0.412. The molecule has 3 rings (SSSR count). The molecule has 1 amide bonds. The molecular weight excluding hydrogens is 334 g/mol. The molecule has 0 bridgehead atoms. The van der Waals surface area contributed by atoms with Crippen molar-refractivity contribution in [2.75, 3.05) is 13.1 Å². The van der Waals surface area contributed by atoms with Crippen LogP contribution < -0.4 is 0 Å². The summed E-state index contributed by atoms with van der Waals surface area (Å²) >= 11 is 7.57. The number of piperidine rings is 1. The van der Waals surface area contributed by atoms with Crippen molar-refractivity contribution in [2.24, 2.45) is 0 Å². The van der Waals surface area contributed by atoms with E-state index in [4.69, 9.17) is 16.3 Å². The highest BCUT2D eigenvalue weighted by Gasteiger charge is 2.27. The molecule has 1 aromatic heterocycles. The van der Waals surface area contributed by atoms with Crippen LogP contribution >= 0.6 is 22.9 Å². The van der Waals surface area contributed by atoms with E-state index >= 15 is 0 Å². The molecule has 0 N–H and O–H groups in total. The van der Waals surface area contributed by atoms with Crippen LogP contribution in [0.25, 0.3) is 10.1 Å². The van der Waals surface area contributed by atoms with E-state index in [1.807, 2.05) is 24.3 Å². The van der Waals surface area contributed by atoms with Gasteiger partial charge in [0.15, 0.2) is 6.10 Å². The molecule has 1 aliphatic heterocycles.